The van der Waals surface area contributed by atoms with E-state index in [4.69, 9.17) is 5.11 Å². The highest BCUT2D eigenvalue weighted by molar-refractivity contribution is 5.94. The molecular formula is C26H21F6NO4. The molecule has 0 radical (unpaired) electrons. The summed E-state index contributed by atoms with van der Waals surface area (Å²) in [6.07, 6.45) is -9.44. The third-order valence-electron chi connectivity index (χ3n) is 5.36. The summed E-state index contributed by atoms with van der Waals surface area (Å²) in [4.78, 5) is 22.6. The van der Waals surface area contributed by atoms with E-state index in [1.165, 1.54) is 36.4 Å². The molecule has 0 saturated carbocycles. The normalized spacial score (nSPS) is 11.7. The molecule has 2 N–H and O–H groups in total. The Bertz CT molecular complexity index is 1240. The molecule has 0 bridgehead atoms. The molecule has 0 aliphatic carbocycles. The van der Waals surface area contributed by atoms with Gasteiger partial charge in [0.15, 0.2) is 0 Å². The Labute approximate surface area is 207 Å². The summed E-state index contributed by atoms with van der Waals surface area (Å²) < 4.78 is 81.8. The summed E-state index contributed by atoms with van der Waals surface area (Å²) in [5.74, 6) is -1.96. The number of carbonyl (C=O) groups is 2. The monoisotopic (exact) mass is 525 g/mol. The van der Waals surface area contributed by atoms with Crippen LogP contribution in [-0.2, 0) is 23.8 Å². The third-order valence-corrected chi connectivity index (χ3v) is 5.36. The van der Waals surface area contributed by atoms with Crippen molar-refractivity contribution in [2.24, 2.45) is 0 Å². The van der Waals surface area contributed by atoms with Gasteiger partial charge in [-0.2, -0.15) is 13.2 Å². The Morgan fingerprint density at radius 2 is 1.43 bits per heavy atom. The van der Waals surface area contributed by atoms with Gasteiger partial charge in [-0.1, -0.05) is 36.4 Å². The van der Waals surface area contributed by atoms with Crippen molar-refractivity contribution in [1.82, 2.24) is 5.32 Å². The number of alkyl halides is 6. The Hall–Kier alpha value is -4.02. The minimum atomic E-state index is -4.86. The molecule has 5 nitrogen and oxygen atoms in total. The van der Waals surface area contributed by atoms with Gasteiger partial charge in [-0.05, 0) is 65.4 Å². The Balaban J connectivity index is 1.74. The van der Waals surface area contributed by atoms with Gasteiger partial charge in [0.1, 0.15) is 5.75 Å². The number of nitrogens with one attached hydrogen (secondary N) is 1. The number of carboxylic acids is 1. The zero-order chi connectivity index (χ0) is 27.2. The molecule has 0 fully saturated rings. The first-order valence-electron chi connectivity index (χ1n) is 11.0. The molecule has 0 unspecified atom stereocenters. The first kappa shape index (κ1) is 27.6. The van der Waals surface area contributed by atoms with Crippen LogP contribution in [0.2, 0.25) is 0 Å². The molecule has 1 amide bonds. The van der Waals surface area contributed by atoms with Crippen LogP contribution in [0.15, 0.2) is 66.7 Å². The molecule has 0 spiro atoms. The van der Waals surface area contributed by atoms with Crippen molar-refractivity contribution in [2.45, 2.75) is 31.8 Å². The number of rotatable bonds is 9. The smallest absolute Gasteiger partial charge is 0.481 e. The number of carboxylic acid groups (broad SMARTS) is 1. The fraction of sp³-hybridized carbons (Fsp3) is 0.231. The number of ether oxygens (including phenoxy) is 1. The number of halogens is 6. The van der Waals surface area contributed by atoms with Gasteiger partial charge in [0.25, 0.3) is 5.91 Å². The number of hydrogen-bond donors (Lipinski definition) is 2. The van der Waals surface area contributed by atoms with Crippen LogP contribution in [0.1, 0.15) is 33.5 Å². The van der Waals surface area contributed by atoms with E-state index in [0.29, 0.717) is 16.7 Å². The summed E-state index contributed by atoms with van der Waals surface area (Å²) in [5, 5.41) is 11.1. The van der Waals surface area contributed by atoms with E-state index in [9.17, 15) is 35.9 Å². The van der Waals surface area contributed by atoms with Crippen LogP contribution < -0.4 is 10.1 Å². The standard InChI is InChI=1S/C26H21F6NO4/c27-25(28,29)22-12-9-19(17-7-10-21(11-8-17)37-26(30,31)32)15-20(22)6-3-16-1-4-18(5-2-16)24(36)33-14-13-23(34)35/h1-2,4-5,7-12,15H,3,6,13-14H2,(H,33,36)(H,34,35). The van der Waals surface area contributed by atoms with Crippen LogP contribution in [0.5, 0.6) is 5.75 Å². The van der Waals surface area contributed by atoms with E-state index in [0.717, 1.165) is 18.2 Å². The van der Waals surface area contributed by atoms with Gasteiger partial charge in [0.2, 0.25) is 0 Å². The molecule has 0 heterocycles. The minimum Gasteiger partial charge on any atom is -0.481 e. The average Bonchev–Trinajstić information content (AvgIpc) is 2.81. The second-order valence-corrected chi connectivity index (χ2v) is 8.04. The van der Waals surface area contributed by atoms with Gasteiger partial charge >= 0.3 is 18.5 Å². The number of carbonyl (C=O) groups excluding carboxylic acids is 1. The van der Waals surface area contributed by atoms with Crippen molar-refractivity contribution in [3.63, 3.8) is 0 Å². The maximum absolute atomic E-state index is 13.6. The molecule has 0 aliphatic heterocycles. The van der Waals surface area contributed by atoms with E-state index in [1.807, 2.05) is 0 Å². The first-order chi connectivity index (χ1) is 17.3. The molecule has 0 saturated heterocycles. The van der Waals surface area contributed by atoms with Crippen LogP contribution in [-0.4, -0.2) is 29.9 Å². The highest BCUT2D eigenvalue weighted by Gasteiger charge is 2.33. The third kappa shape index (κ3) is 8.26. The summed E-state index contributed by atoms with van der Waals surface area (Å²) >= 11 is 0. The van der Waals surface area contributed by atoms with Crippen molar-refractivity contribution in [3.05, 3.63) is 89.0 Å². The van der Waals surface area contributed by atoms with Crippen molar-refractivity contribution >= 4 is 11.9 Å². The number of aliphatic carboxylic acids is 1. The van der Waals surface area contributed by atoms with E-state index < -0.39 is 35.7 Å². The van der Waals surface area contributed by atoms with Crippen molar-refractivity contribution in [2.75, 3.05) is 6.54 Å². The van der Waals surface area contributed by atoms with E-state index in [1.54, 1.807) is 12.1 Å². The molecule has 37 heavy (non-hydrogen) atoms. The highest BCUT2D eigenvalue weighted by Crippen LogP contribution is 2.35. The predicted octanol–water partition coefficient (Wildman–Crippen LogP) is 6.26. The van der Waals surface area contributed by atoms with E-state index in [-0.39, 0.29) is 36.9 Å². The average molecular weight is 525 g/mol. The Morgan fingerprint density at radius 3 is 2.00 bits per heavy atom. The Morgan fingerprint density at radius 1 is 0.811 bits per heavy atom. The lowest BCUT2D eigenvalue weighted by molar-refractivity contribution is -0.274. The van der Waals surface area contributed by atoms with Crippen LogP contribution >= 0.6 is 0 Å². The van der Waals surface area contributed by atoms with Crippen LogP contribution in [0.25, 0.3) is 11.1 Å². The van der Waals surface area contributed by atoms with Crippen molar-refractivity contribution in [1.29, 1.82) is 0 Å². The number of hydrogen-bond acceptors (Lipinski definition) is 3. The summed E-state index contributed by atoms with van der Waals surface area (Å²) in [6.45, 7) is -0.0371. The minimum absolute atomic E-state index is 0.0103. The zero-order valence-corrected chi connectivity index (χ0v) is 19.1. The number of benzene rings is 3. The van der Waals surface area contributed by atoms with E-state index in [2.05, 4.69) is 10.1 Å². The second-order valence-electron chi connectivity index (χ2n) is 8.04. The first-order valence-corrected chi connectivity index (χ1v) is 11.0. The lowest BCUT2D eigenvalue weighted by atomic mass is 9.94. The van der Waals surface area contributed by atoms with Crippen LogP contribution in [0.3, 0.4) is 0 Å². The summed E-state index contributed by atoms with van der Waals surface area (Å²) in [5.41, 5.74) is 0.968. The zero-order valence-electron chi connectivity index (χ0n) is 19.1. The van der Waals surface area contributed by atoms with Gasteiger partial charge in [-0.25, -0.2) is 0 Å². The molecule has 3 aromatic rings. The predicted molar refractivity (Wildman–Crippen MR) is 122 cm³/mol. The SMILES string of the molecule is O=C(O)CCNC(=O)c1ccc(CCc2cc(-c3ccc(OC(F)(F)F)cc3)ccc2C(F)(F)F)cc1. The van der Waals surface area contributed by atoms with Gasteiger partial charge in [-0.15, -0.1) is 13.2 Å². The Kier molecular flexibility index (Phi) is 8.46. The highest BCUT2D eigenvalue weighted by atomic mass is 19.4. The molecule has 196 valence electrons. The van der Waals surface area contributed by atoms with Gasteiger partial charge in [-0.3, -0.25) is 9.59 Å². The maximum Gasteiger partial charge on any atom is 0.573 e. The van der Waals surface area contributed by atoms with Crippen LogP contribution in [0, 0.1) is 0 Å². The maximum atomic E-state index is 13.6. The lowest BCUT2D eigenvalue weighted by Crippen LogP contribution is -2.25. The molecule has 0 atom stereocenters. The quantitative estimate of drug-likeness (QED) is 0.324. The largest absolute Gasteiger partial charge is 0.573 e. The lowest BCUT2D eigenvalue weighted by Gasteiger charge is -2.15. The fourth-order valence-electron chi connectivity index (χ4n) is 3.59. The number of amides is 1. The van der Waals surface area contributed by atoms with Gasteiger partial charge in [0, 0.05) is 12.1 Å². The molecule has 0 aliphatic rings. The molecule has 11 heteroatoms. The number of aryl methyl sites for hydroxylation is 2. The van der Waals surface area contributed by atoms with Crippen molar-refractivity contribution in [3.8, 4) is 16.9 Å². The van der Waals surface area contributed by atoms with Crippen LogP contribution in [0.4, 0.5) is 26.3 Å². The topological polar surface area (TPSA) is 75.6 Å². The van der Waals surface area contributed by atoms with Gasteiger partial charge < -0.3 is 15.2 Å². The summed E-state index contributed by atoms with van der Waals surface area (Å²) in [7, 11) is 0. The second kappa shape index (κ2) is 11.4. The molecule has 3 rings (SSSR count). The van der Waals surface area contributed by atoms with Gasteiger partial charge in [0.05, 0.1) is 12.0 Å². The molecular weight excluding hydrogens is 504 g/mol. The summed E-state index contributed by atoms with van der Waals surface area (Å²) in [6, 6.07) is 14.6. The molecule has 3 aromatic carbocycles. The fourth-order valence-corrected chi connectivity index (χ4v) is 3.59. The van der Waals surface area contributed by atoms with E-state index >= 15 is 0 Å². The van der Waals surface area contributed by atoms with Crippen molar-refractivity contribution < 1.29 is 45.8 Å². The molecule has 0 aromatic heterocycles.